The first-order chi connectivity index (χ1) is 15.1. The number of carbonyl (C=O) groups excluding carboxylic acids is 2. The van der Waals surface area contributed by atoms with Gasteiger partial charge in [-0.25, -0.2) is 4.98 Å². The Morgan fingerprint density at radius 2 is 1.39 bits per heavy atom. The van der Waals surface area contributed by atoms with Crippen molar-refractivity contribution in [2.45, 2.75) is 6.54 Å². The molecule has 2 amide bonds. The van der Waals surface area contributed by atoms with E-state index in [0.717, 1.165) is 22.3 Å². The fourth-order valence-corrected chi connectivity index (χ4v) is 3.41. The van der Waals surface area contributed by atoms with E-state index in [4.69, 9.17) is 4.98 Å². The largest absolute Gasteiger partial charge is 0.355 e. The first-order valence-corrected chi connectivity index (χ1v) is 9.95. The molecule has 0 saturated carbocycles. The quantitative estimate of drug-likeness (QED) is 0.452. The number of carbonyl (C=O) groups is 2. The van der Waals surface area contributed by atoms with Crippen LogP contribution < -0.4 is 16.0 Å². The number of nitrogens with zero attached hydrogens (tertiary/aromatic N) is 2. The highest BCUT2D eigenvalue weighted by molar-refractivity contribution is 5.94. The zero-order valence-corrected chi connectivity index (χ0v) is 17.3. The molecule has 1 heterocycles. The molecule has 0 aliphatic rings. The van der Waals surface area contributed by atoms with Crippen LogP contribution in [0.5, 0.6) is 0 Å². The lowest BCUT2D eigenvalue weighted by atomic mass is 10.1. The van der Waals surface area contributed by atoms with Gasteiger partial charge in [0.25, 0.3) is 11.8 Å². The summed E-state index contributed by atoms with van der Waals surface area (Å²) in [5.41, 5.74) is 4.99. The van der Waals surface area contributed by atoms with Crippen LogP contribution in [0.15, 0.2) is 72.8 Å². The molecule has 7 nitrogen and oxygen atoms in total. The summed E-state index contributed by atoms with van der Waals surface area (Å²) < 4.78 is 2.03. The highest BCUT2D eigenvalue weighted by Crippen LogP contribution is 2.25. The van der Waals surface area contributed by atoms with Crippen molar-refractivity contribution in [3.63, 3.8) is 0 Å². The molecule has 0 fully saturated rings. The summed E-state index contributed by atoms with van der Waals surface area (Å²) in [5.74, 6) is 0.464. The van der Waals surface area contributed by atoms with Crippen LogP contribution in [-0.2, 0) is 6.54 Å². The molecule has 0 saturated heterocycles. The fourth-order valence-electron chi connectivity index (χ4n) is 3.41. The molecule has 0 atom stereocenters. The zero-order valence-electron chi connectivity index (χ0n) is 17.3. The van der Waals surface area contributed by atoms with Crippen LogP contribution in [-0.4, -0.2) is 35.5 Å². The maximum Gasteiger partial charge on any atom is 0.251 e. The summed E-state index contributed by atoms with van der Waals surface area (Å²) in [6, 6.07) is 22.7. The van der Waals surface area contributed by atoms with Gasteiger partial charge in [-0.05, 0) is 54.1 Å². The van der Waals surface area contributed by atoms with Gasteiger partial charge >= 0.3 is 0 Å². The Kier molecular flexibility index (Phi) is 5.66. The third-order valence-electron chi connectivity index (χ3n) is 5.07. The smallest absolute Gasteiger partial charge is 0.251 e. The Morgan fingerprint density at radius 1 is 0.806 bits per heavy atom. The molecule has 7 heteroatoms. The van der Waals surface area contributed by atoms with Crippen LogP contribution in [0, 0.1) is 0 Å². The lowest BCUT2D eigenvalue weighted by Gasteiger charge is -2.12. The SMILES string of the molecule is CNC(=O)c1ccc(CNc2nc3ccccc3n2-c2ccc(C(=O)NC)cc2)cc1. The lowest BCUT2D eigenvalue weighted by Crippen LogP contribution is -2.17. The van der Waals surface area contributed by atoms with E-state index < -0.39 is 0 Å². The van der Waals surface area contributed by atoms with Crippen molar-refractivity contribution in [3.05, 3.63) is 89.5 Å². The molecule has 0 spiro atoms. The van der Waals surface area contributed by atoms with Crippen LogP contribution in [0.3, 0.4) is 0 Å². The summed E-state index contributed by atoms with van der Waals surface area (Å²) in [5, 5.41) is 8.66. The maximum absolute atomic E-state index is 11.9. The third-order valence-corrected chi connectivity index (χ3v) is 5.07. The molecular weight excluding hydrogens is 390 g/mol. The number of para-hydroxylation sites is 2. The van der Waals surface area contributed by atoms with Gasteiger partial charge in [0.15, 0.2) is 0 Å². The molecule has 3 N–H and O–H groups in total. The number of hydrogen-bond donors (Lipinski definition) is 3. The Labute approximate surface area is 180 Å². The second kappa shape index (κ2) is 8.71. The van der Waals surface area contributed by atoms with Crippen molar-refractivity contribution in [2.75, 3.05) is 19.4 Å². The predicted octanol–water partition coefficient (Wildman–Crippen LogP) is 3.36. The van der Waals surface area contributed by atoms with Gasteiger partial charge in [-0.15, -0.1) is 0 Å². The number of rotatable bonds is 6. The van der Waals surface area contributed by atoms with Gasteiger partial charge in [0.05, 0.1) is 11.0 Å². The number of nitrogens with one attached hydrogen (secondary N) is 3. The van der Waals surface area contributed by atoms with Crippen LogP contribution >= 0.6 is 0 Å². The molecule has 3 aromatic carbocycles. The number of aromatic nitrogens is 2. The van der Waals surface area contributed by atoms with E-state index in [1.165, 1.54) is 0 Å². The van der Waals surface area contributed by atoms with Crippen molar-refractivity contribution < 1.29 is 9.59 Å². The highest BCUT2D eigenvalue weighted by Gasteiger charge is 2.13. The van der Waals surface area contributed by atoms with Gasteiger partial charge < -0.3 is 16.0 Å². The first kappa shape index (κ1) is 20.2. The van der Waals surface area contributed by atoms with Gasteiger partial charge in [-0.3, -0.25) is 14.2 Å². The number of amides is 2. The maximum atomic E-state index is 11.9. The van der Waals surface area contributed by atoms with Gasteiger partial charge in [0.2, 0.25) is 5.95 Å². The Morgan fingerprint density at radius 3 is 2.00 bits per heavy atom. The van der Waals surface area contributed by atoms with Gasteiger partial charge in [-0.1, -0.05) is 24.3 Å². The number of benzene rings is 3. The van der Waals surface area contributed by atoms with Gasteiger partial charge in [0, 0.05) is 37.5 Å². The molecule has 156 valence electrons. The standard InChI is InChI=1S/C24H23N5O2/c1-25-22(30)17-9-7-16(8-10-17)15-27-24-28-20-5-3-4-6-21(20)29(24)19-13-11-18(12-14-19)23(31)26-2/h3-14H,15H2,1-2H3,(H,25,30)(H,26,31)(H,27,28). The molecule has 4 aromatic rings. The topological polar surface area (TPSA) is 88.1 Å². The molecule has 31 heavy (non-hydrogen) atoms. The molecule has 0 bridgehead atoms. The van der Waals surface area contributed by atoms with Crippen molar-refractivity contribution in [3.8, 4) is 5.69 Å². The molecule has 1 aromatic heterocycles. The van der Waals surface area contributed by atoms with Crippen LogP contribution in [0.2, 0.25) is 0 Å². The normalized spacial score (nSPS) is 10.6. The van der Waals surface area contributed by atoms with Crippen LogP contribution in [0.4, 0.5) is 5.95 Å². The summed E-state index contributed by atoms with van der Waals surface area (Å²) in [4.78, 5) is 28.3. The van der Waals surface area contributed by atoms with E-state index in [2.05, 4.69) is 16.0 Å². The number of imidazole rings is 1. The zero-order chi connectivity index (χ0) is 21.8. The van der Waals surface area contributed by atoms with Gasteiger partial charge in [0.1, 0.15) is 0 Å². The molecule has 0 unspecified atom stereocenters. The van der Waals surface area contributed by atoms with E-state index in [9.17, 15) is 9.59 Å². The van der Waals surface area contributed by atoms with Crippen LogP contribution in [0.25, 0.3) is 16.7 Å². The third kappa shape index (κ3) is 4.11. The molecule has 0 radical (unpaired) electrons. The Bertz CT molecular complexity index is 1230. The average molecular weight is 413 g/mol. The molecular formula is C24H23N5O2. The first-order valence-electron chi connectivity index (χ1n) is 9.95. The van der Waals surface area contributed by atoms with Crippen molar-refractivity contribution in [1.82, 2.24) is 20.2 Å². The summed E-state index contributed by atoms with van der Waals surface area (Å²) in [6.07, 6.45) is 0. The van der Waals surface area contributed by atoms with Crippen molar-refractivity contribution in [2.24, 2.45) is 0 Å². The van der Waals surface area contributed by atoms with E-state index >= 15 is 0 Å². The minimum absolute atomic E-state index is 0.110. The summed E-state index contributed by atoms with van der Waals surface area (Å²) in [7, 11) is 3.23. The number of anilines is 1. The van der Waals surface area contributed by atoms with Crippen molar-refractivity contribution >= 4 is 28.8 Å². The lowest BCUT2D eigenvalue weighted by molar-refractivity contribution is 0.0955. The Hall–Kier alpha value is -4.13. The number of fused-ring (bicyclic) bond motifs is 1. The highest BCUT2D eigenvalue weighted by atomic mass is 16.2. The molecule has 4 rings (SSSR count). The summed E-state index contributed by atoms with van der Waals surface area (Å²) >= 11 is 0. The van der Waals surface area contributed by atoms with Crippen LogP contribution in [0.1, 0.15) is 26.3 Å². The van der Waals surface area contributed by atoms with Crippen molar-refractivity contribution in [1.29, 1.82) is 0 Å². The second-order valence-corrected chi connectivity index (χ2v) is 7.02. The van der Waals surface area contributed by atoms with E-state index in [1.54, 1.807) is 38.4 Å². The predicted molar refractivity (Wildman–Crippen MR) is 122 cm³/mol. The monoisotopic (exact) mass is 413 g/mol. The molecule has 0 aliphatic carbocycles. The Balaban J connectivity index is 1.64. The van der Waals surface area contributed by atoms with Gasteiger partial charge in [-0.2, -0.15) is 0 Å². The van der Waals surface area contributed by atoms with E-state index in [1.807, 2.05) is 53.1 Å². The average Bonchev–Trinajstić information content (AvgIpc) is 3.20. The van der Waals surface area contributed by atoms with E-state index in [0.29, 0.717) is 23.6 Å². The summed E-state index contributed by atoms with van der Waals surface area (Å²) in [6.45, 7) is 0.549. The molecule has 0 aliphatic heterocycles. The fraction of sp³-hybridized carbons (Fsp3) is 0.125. The number of hydrogen-bond acceptors (Lipinski definition) is 4. The minimum Gasteiger partial charge on any atom is -0.355 e. The van der Waals surface area contributed by atoms with E-state index in [-0.39, 0.29) is 11.8 Å². The second-order valence-electron chi connectivity index (χ2n) is 7.02. The minimum atomic E-state index is -0.124.